The van der Waals surface area contributed by atoms with E-state index in [0.717, 1.165) is 0 Å². The standard InChI is InChI=1S/C14H16N4O2/c1-9(2)10-3-5-11(6-4-10)20-13-8-16-12(7-17-13)14(15)18-19/h3-9,19H,1-2H3,(H2,15,18). The van der Waals surface area contributed by atoms with Crippen LogP contribution in [0.15, 0.2) is 41.8 Å². The van der Waals surface area contributed by atoms with Crippen molar-refractivity contribution in [2.24, 2.45) is 10.9 Å². The van der Waals surface area contributed by atoms with Crippen molar-refractivity contribution in [1.29, 1.82) is 0 Å². The molecule has 6 heteroatoms. The van der Waals surface area contributed by atoms with E-state index >= 15 is 0 Å². The van der Waals surface area contributed by atoms with Crippen LogP contribution >= 0.6 is 0 Å². The predicted octanol–water partition coefficient (Wildman–Crippen LogP) is 2.49. The Hall–Kier alpha value is -2.63. The zero-order chi connectivity index (χ0) is 14.5. The Labute approximate surface area is 116 Å². The number of oxime groups is 1. The molecule has 0 aliphatic heterocycles. The molecular weight excluding hydrogens is 256 g/mol. The Bertz CT molecular complexity index is 592. The van der Waals surface area contributed by atoms with Crippen LogP contribution in [-0.4, -0.2) is 21.0 Å². The monoisotopic (exact) mass is 272 g/mol. The minimum absolute atomic E-state index is 0.0923. The molecule has 0 saturated carbocycles. The first-order chi connectivity index (χ1) is 9.60. The smallest absolute Gasteiger partial charge is 0.237 e. The fraction of sp³-hybridized carbons (Fsp3) is 0.214. The molecule has 3 N–H and O–H groups in total. The summed E-state index contributed by atoms with van der Waals surface area (Å²) in [5, 5.41) is 11.4. The molecule has 6 nitrogen and oxygen atoms in total. The van der Waals surface area contributed by atoms with E-state index in [1.807, 2.05) is 24.3 Å². The van der Waals surface area contributed by atoms with Crippen LogP contribution in [0.2, 0.25) is 0 Å². The third-order valence-corrected chi connectivity index (χ3v) is 2.77. The van der Waals surface area contributed by atoms with Gasteiger partial charge < -0.3 is 15.7 Å². The number of aromatic nitrogens is 2. The second kappa shape index (κ2) is 6.01. The quantitative estimate of drug-likeness (QED) is 0.386. The summed E-state index contributed by atoms with van der Waals surface area (Å²) in [6.07, 6.45) is 2.80. The number of hydrogen-bond donors (Lipinski definition) is 2. The largest absolute Gasteiger partial charge is 0.438 e. The molecule has 20 heavy (non-hydrogen) atoms. The molecule has 0 radical (unpaired) electrons. The van der Waals surface area contributed by atoms with Crippen molar-refractivity contribution in [2.75, 3.05) is 0 Å². The van der Waals surface area contributed by atoms with E-state index in [9.17, 15) is 0 Å². The molecule has 1 aromatic carbocycles. The summed E-state index contributed by atoms with van der Waals surface area (Å²) in [6.45, 7) is 4.26. The molecule has 0 bridgehead atoms. The van der Waals surface area contributed by atoms with Crippen LogP contribution in [0.25, 0.3) is 0 Å². The van der Waals surface area contributed by atoms with E-state index in [0.29, 0.717) is 17.5 Å². The van der Waals surface area contributed by atoms with Crippen molar-refractivity contribution in [3.05, 3.63) is 47.9 Å². The van der Waals surface area contributed by atoms with Gasteiger partial charge in [0.05, 0.1) is 12.4 Å². The third kappa shape index (κ3) is 3.23. The number of rotatable bonds is 4. The van der Waals surface area contributed by atoms with E-state index in [4.69, 9.17) is 15.7 Å². The van der Waals surface area contributed by atoms with Crippen molar-refractivity contribution in [2.45, 2.75) is 19.8 Å². The molecule has 0 amide bonds. The highest BCUT2D eigenvalue weighted by Crippen LogP contribution is 2.22. The molecule has 0 unspecified atom stereocenters. The lowest BCUT2D eigenvalue weighted by Gasteiger charge is -2.08. The van der Waals surface area contributed by atoms with Crippen molar-refractivity contribution in [3.63, 3.8) is 0 Å². The summed E-state index contributed by atoms with van der Waals surface area (Å²) in [4.78, 5) is 8.03. The molecule has 1 aromatic heterocycles. The highest BCUT2D eigenvalue weighted by Gasteiger charge is 2.04. The summed E-state index contributed by atoms with van der Waals surface area (Å²) < 4.78 is 5.56. The predicted molar refractivity (Wildman–Crippen MR) is 75.1 cm³/mol. The number of benzene rings is 1. The average molecular weight is 272 g/mol. The lowest BCUT2D eigenvalue weighted by atomic mass is 10.0. The van der Waals surface area contributed by atoms with E-state index < -0.39 is 0 Å². The van der Waals surface area contributed by atoms with Gasteiger partial charge in [0, 0.05) is 0 Å². The van der Waals surface area contributed by atoms with Gasteiger partial charge in [-0.1, -0.05) is 31.1 Å². The summed E-state index contributed by atoms with van der Waals surface area (Å²) in [5.74, 6) is 1.41. The van der Waals surface area contributed by atoms with Gasteiger partial charge in [0.25, 0.3) is 0 Å². The van der Waals surface area contributed by atoms with Crippen LogP contribution in [0.1, 0.15) is 31.0 Å². The third-order valence-electron chi connectivity index (χ3n) is 2.77. The maximum atomic E-state index is 8.53. The molecule has 2 aromatic rings. The zero-order valence-corrected chi connectivity index (χ0v) is 11.3. The van der Waals surface area contributed by atoms with E-state index in [2.05, 4.69) is 29.0 Å². The van der Waals surface area contributed by atoms with Crippen LogP contribution in [0.5, 0.6) is 11.6 Å². The minimum Gasteiger partial charge on any atom is -0.438 e. The Morgan fingerprint density at radius 1 is 1.20 bits per heavy atom. The lowest BCUT2D eigenvalue weighted by molar-refractivity contribution is 0.318. The molecule has 0 saturated heterocycles. The van der Waals surface area contributed by atoms with Crippen molar-refractivity contribution < 1.29 is 9.94 Å². The fourth-order valence-corrected chi connectivity index (χ4v) is 1.59. The van der Waals surface area contributed by atoms with Crippen LogP contribution in [0, 0.1) is 0 Å². The van der Waals surface area contributed by atoms with Gasteiger partial charge >= 0.3 is 0 Å². The van der Waals surface area contributed by atoms with Gasteiger partial charge in [-0.15, -0.1) is 0 Å². The van der Waals surface area contributed by atoms with Crippen molar-refractivity contribution in [3.8, 4) is 11.6 Å². The summed E-state index contributed by atoms with van der Waals surface area (Å²) >= 11 is 0. The summed E-state index contributed by atoms with van der Waals surface area (Å²) in [6, 6.07) is 7.79. The topological polar surface area (TPSA) is 93.6 Å². The first-order valence-electron chi connectivity index (χ1n) is 6.18. The van der Waals surface area contributed by atoms with Crippen LogP contribution in [0.4, 0.5) is 0 Å². The first kappa shape index (κ1) is 13.8. The van der Waals surface area contributed by atoms with E-state index in [1.165, 1.54) is 18.0 Å². The molecule has 104 valence electrons. The first-order valence-corrected chi connectivity index (χ1v) is 6.18. The number of amidine groups is 1. The maximum Gasteiger partial charge on any atom is 0.237 e. The Morgan fingerprint density at radius 2 is 1.90 bits per heavy atom. The number of nitrogens with zero attached hydrogens (tertiary/aromatic N) is 3. The Balaban J connectivity index is 2.10. The highest BCUT2D eigenvalue weighted by molar-refractivity contribution is 5.94. The molecule has 0 spiro atoms. The number of hydrogen-bond acceptors (Lipinski definition) is 5. The average Bonchev–Trinajstić information content (AvgIpc) is 2.48. The molecule has 2 rings (SSSR count). The Kier molecular flexibility index (Phi) is 4.14. The van der Waals surface area contributed by atoms with Crippen molar-refractivity contribution in [1.82, 2.24) is 9.97 Å². The SMILES string of the molecule is CC(C)c1ccc(Oc2cnc(C(N)=NO)cn2)cc1. The van der Waals surface area contributed by atoms with E-state index in [1.54, 1.807) is 0 Å². The van der Waals surface area contributed by atoms with Gasteiger partial charge in [-0.3, -0.25) is 0 Å². The normalized spacial score (nSPS) is 11.7. The van der Waals surface area contributed by atoms with Gasteiger partial charge in [-0.05, 0) is 23.6 Å². The lowest BCUT2D eigenvalue weighted by Crippen LogP contribution is -2.15. The van der Waals surface area contributed by atoms with Crippen LogP contribution < -0.4 is 10.5 Å². The van der Waals surface area contributed by atoms with Gasteiger partial charge in [-0.25, -0.2) is 9.97 Å². The molecule has 1 heterocycles. The number of ether oxygens (including phenoxy) is 1. The van der Waals surface area contributed by atoms with Gasteiger partial charge in [-0.2, -0.15) is 0 Å². The summed E-state index contributed by atoms with van der Waals surface area (Å²) in [5.41, 5.74) is 6.93. The Morgan fingerprint density at radius 3 is 2.40 bits per heavy atom. The molecular formula is C14H16N4O2. The molecule has 0 fully saturated rings. The second-order valence-electron chi connectivity index (χ2n) is 4.55. The van der Waals surface area contributed by atoms with Crippen molar-refractivity contribution >= 4 is 5.84 Å². The van der Waals surface area contributed by atoms with Crippen LogP contribution in [0.3, 0.4) is 0 Å². The van der Waals surface area contributed by atoms with Gasteiger partial charge in [0.2, 0.25) is 5.88 Å². The highest BCUT2D eigenvalue weighted by atomic mass is 16.5. The molecule has 0 atom stereocenters. The van der Waals surface area contributed by atoms with Gasteiger partial charge in [0.15, 0.2) is 5.84 Å². The maximum absolute atomic E-state index is 8.53. The zero-order valence-electron chi connectivity index (χ0n) is 11.3. The minimum atomic E-state index is -0.0923. The molecule has 0 aliphatic rings. The summed E-state index contributed by atoms with van der Waals surface area (Å²) in [7, 11) is 0. The molecule has 0 aliphatic carbocycles. The van der Waals surface area contributed by atoms with E-state index in [-0.39, 0.29) is 11.5 Å². The second-order valence-corrected chi connectivity index (χ2v) is 4.55. The fourth-order valence-electron chi connectivity index (χ4n) is 1.59. The van der Waals surface area contributed by atoms with Gasteiger partial charge in [0.1, 0.15) is 11.4 Å². The van der Waals surface area contributed by atoms with Crippen LogP contribution in [-0.2, 0) is 0 Å². The number of nitrogens with two attached hydrogens (primary N) is 1.